The van der Waals surface area contributed by atoms with Gasteiger partial charge >= 0.3 is 0 Å². The maximum atomic E-state index is 12.6. The van der Waals surface area contributed by atoms with Gasteiger partial charge in [0.1, 0.15) is 0 Å². The standard InChI is InChI=1S/C18H20N2O/c19-16-12-6-11-15(17(16)13-7-2-1-3-8-13)18(21)20-14-9-4-5-10-14/h1-3,6-8,11-12,14H,4-5,9-10,19H2,(H,20,21). The van der Waals surface area contributed by atoms with Gasteiger partial charge in [0.05, 0.1) is 0 Å². The second-order valence-corrected chi connectivity index (χ2v) is 5.59. The van der Waals surface area contributed by atoms with Gasteiger partial charge in [-0.1, -0.05) is 49.2 Å². The van der Waals surface area contributed by atoms with Gasteiger partial charge in [-0.25, -0.2) is 0 Å². The van der Waals surface area contributed by atoms with Gasteiger partial charge in [-0.15, -0.1) is 0 Å². The van der Waals surface area contributed by atoms with Crippen LogP contribution in [-0.4, -0.2) is 11.9 Å². The van der Waals surface area contributed by atoms with Crippen LogP contribution < -0.4 is 11.1 Å². The smallest absolute Gasteiger partial charge is 0.252 e. The molecule has 0 unspecified atom stereocenters. The van der Waals surface area contributed by atoms with Crippen LogP contribution in [0.5, 0.6) is 0 Å². The lowest BCUT2D eigenvalue weighted by atomic mass is 9.97. The van der Waals surface area contributed by atoms with E-state index in [0.29, 0.717) is 17.3 Å². The molecule has 0 saturated heterocycles. The highest BCUT2D eigenvalue weighted by molar-refractivity contribution is 6.03. The molecular weight excluding hydrogens is 260 g/mol. The van der Waals surface area contributed by atoms with E-state index in [0.717, 1.165) is 24.0 Å². The Bertz CT molecular complexity index is 631. The average molecular weight is 280 g/mol. The fourth-order valence-corrected chi connectivity index (χ4v) is 3.02. The van der Waals surface area contributed by atoms with Crippen LogP contribution in [0.1, 0.15) is 36.0 Å². The Morgan fingerprint density at radius 1 is 1.00 bits per heavy atom. The van der Waals surface area contributed by atoms with E-state index >= 15 is 0 Å². The Hall–Kier alpha value is -2.29. The third kappa shape index (κ3) is 2.92. The van der Waals surface area contributed by atoms with Crippen molar-refractivity contribution in [2.75, 3.05) is 5.73 Å². The number of carbonyl (C=O) groups is 1. The lowest BCUT2D eigenvalue weighted by Crippen LogP contribution is -2.33. The van der Waals surface area contributed by atoms with Crippen molar-refractivity contribution in [3.63, 3.8) is 0 Å². The number of carbonyl (C=O) groups excluding carboxylic acids is 1. The molecule has 2 aromatic rings. The summed E-state index contributed by atoms with van der Waals surface area (Å²) >= 11 is 0. The van der Waals surface area contributed by atoms with E-state index in [-0.39, 0.29) is 5.91 Å². The van der Waals surface area contributed by atoms with Crippen molar-refractivity contribution in [2.24, 2.45) is 0 Å². The third-order valence-electron chi connectivity index (χ3n) is 4.09. The van der Waals surface area contributed by atoms with E-state index in [1.165, 1.54) is 12.8 Å². The number of hydrogen-bond acceptors (Lipinski definition) is 2. The SMILES string of the molecule is Nc1cccc(C(=O)NC2CCCC2)c1-c1ccccc1. The lowest BCUT2D eigenvalue weighted by molar-refractivity contribution is 0.0938. The molecular formula is C18H20N2O. The van der Waals surface area contributed by atoms with E-state index in [2.05, 4.69) is 5.32 Å². The van der Waals surface area contributed by atoms with E-state index < -0.39 is 0 Å². The van der Waals surface area contributed by atoms with Gasteiger partial charge in [0, 0.05) is 22.9 Å². The minimum Gasteiger partial charge on any atom is -0.398 e. The zero-order valence-electron chi connectivity index (χ0n) is 12.0. The maximum absolute atomic E-state index is 12.6. The Labute approximate surface area is 125 Å². The maximum Gasteiger partial charge on any atom is 0.252 e. The minimum atomic E-state index is -0.0203. The molecule has 0 atom stereocenters. The Kier molecular flexibility index (Phi) is 3.91. The summed E-state index contributed by atoms with van der Waals surface area (Å²) in [6.07, 6.45) is 4.56. The van der Waals surface area contributed by atoms with E-state index in [1.807, 2.05) is 48.5 Å². The predicted octanol–water partition coefficient (Wildman–Crippen LogP) is 3.61. The summed E-state index contributed by atoms with van der Waals surface area (Å²) < 4.78 is 0. The van der Waals surface area contributed by atoms with Gasteiger partial charge < -0.3 is 11.1 Å². The van der Waals surface area contributed by atoms with Crippen LogP contribution in [0.2, 0.25) is 0 Å². The molecule has 0 aliphatic heterocycles. The Morgan fingerprint density at radius 3 is 2.43 bits per heavy atom. The molecule has 0 aromatic heterocycles. The van der Waals surface area contributed by atoms with Gasteiger partial charge in [-0.2, -0.15) is 0 Å². The minimum absolute atomic E-state index is 0.0203. The van der Waals surface area contributed by atoms with Crippen LogP contribution in [0.4, 0.5) is 5.69 Å². The number of nitrogens with two attached hydrogens (primary N) is 1. The molecule has 1 aliphatic carbocycles. The molecule has 1 saturated carbocycles. The number of amides is 1. The third-order valence-corrected chi connectivity index (χ3v) is 4.09. The van der Waals surface area contributed by atoms with Gasteiger partial charge in [0.25, 0.3) is 5.91 Å². The van der Waals surface area contributed by atoms with Crippen molar-refractivity contribution >= 4 is 11.6 Å². The number of benzene rings is 2. The molecule has 3 heteroatoms. The summed E-state index contributed by atoms with van der Waals surface area (Å²) in [6, 6.07) is 15.7. The molecule has 3 N–H and O–H groups in total. The van der Waals surface area contributed by atoms with Gasteiger partial charge in [-0.3, -0.25) is 4.79 Å². The van der Waals surface area contributed by atoms with Crippen molar-refractivity contribution in [1.82, 2.24) is 5.32 Å². The van der Waals surface area contributed by atoms with Crippen LogP contribution in [0, 0.1) is 0 Å². The first-order chi connectivity index (χ1) is 10.3. The first-order valence-electron chi connectivity index (χ1n) is 7.50. The number of hydrogen-bond donors (Lipinski definition) is 2. The van der Waals surface area contributed by atoms with Crippen LogP contribution in [-0.2, 0) is 0 Å². The highest BCUT2D eigenvalue weighted by atomic mass is 16.1. The Balaban J connectivity index is 1.94. The first-order valence-corrected chi connectivity index (χ1v) is 7.50. The zero-order valence-corrected chi connectivity index (χ0v) is 12.0. The van der Waals surface area contributed by atoms with E-state index in [1.54, 1.807) is 0 Å². The quantitative estimate of drug-likeness (QED) is 0.844. The van der Waals surface area contributed by atoms with Gasteiger partial charge in [0.2, 0.25) is 0 Å². The van der Waals surface area contributed by atoms with Crippen molar-refractivity contribution in [3.05, 3.63) is 54.1 Å². The van der Waals surface area contributed by atoms with Crippen molar-refractivity contribution in [2.45, 2.75) is 31.7 Å². The fraction of sp³-hybridized carbons (Fsp3) is 0.278. The molecule has 1 aliphatic rings. The van der Waals surface area contributed by atoms with Crippen LogP contribution in [0.3, 0.4) is 0 Å². The molecule has 1 amide bonds. The van der Waals surface area contributed by atoms with Crippen molar-refractivity contribution in [3.8, 4) is 11.1 Å². The monoisotopic (exact) mass is 280 g/mol. The van der Waals surface area contributed by atoms with E-state index in [4.69, 9.17) is 5.73 Å². The molecule has 1 fully saturated rings. The van der Waals surface area contributed by atoms with Crippen LogP contribution >= 0.6 is 0 Å². The summed E-state index contributed by atoms with van der Waals surface area (Å²) in [5, 5.41) is 3.14. The molecule has 0 radical (unpaired) electrons. The van der Waals surface area contributed by atoms with Crippen molar-refractivity contribution in [1.29, 1.82) is 0 Å². The summed E-state index contributed by atoms with van der Waals surface area (Å²) in [5.41, 5.74) is 9.23. The van der Waals surface area contributed by atoms with Crippen LogP contribution in [0.15, 0.2) is 48.5 Å². The molecule has 21 heavy (non-hydrogen) atoms. The first kappa shape index (κ1) is 13.7. The number of nitrogens with one attached hydrogen (secondary N) is 1. The zero-order chi connectivity index (χ0) is 14.7. The molecule has 0 heterocycles. The number of nitrogen functional groups attached to an aromatic ring is 1. The molecule has 0 bridgehead atoms. The fourth-order valence-electron chi connectivity index (χ4n) is 3.02. The normalized spacial score (nSPS) is 15.0. The Morgan fingerprint density at radius 2 is 1.71 bits per heavy atom. The van der Waals surface area contributed by atoms with Crippen LogP contribution in [0.25, 0.3) is 11.1 Å². The van der Waals surface area contributed by atoms with Gasteiger partial charge in [-0.05, 0) is 30.5 Å². The van der Waals surface area contributed by atoms with Crippen molar-refractivity contribution < 1.29 is 4.79 Å². The summed E-state index contributed by atoms with van der Waals surface area (Å²) in [5.74, 6) is -0.0203. The number of rotatable bonds is 3. The summed E-state index contributed by atoms with van der Waals surface area (Å²) in [6.45, 7) is 0. The molecule has 3 nitrogen and oxygen atoms in total. The molecule has 3 rings (SSSR count). The lowest BCUT2D eigenvalue weighted by Gasteiger charge is -2.16. The highest BCUT2D eigenvalue weighted by Gasteiger charge is 2.20. The second kappa shape index (κ2) is 6.00. The molecule has 0 spiro atoms. The molecule has 108 valence electrons. The number of anilines is 1. The van der Waals surface area contributed by atoms with E-state index in [9.17, 15) is 4.79 Å². The predicted molar refractivity (Wildman–Crippen MR) is 86.0 cm³/mol. The summed E-state index contributed by atoms with van der Waals surface area (Å²) in [7, 11) is 0. The summed E-state index contributed by atoms with van der Waals surface area (Å²) in [4.78, 5) is 12.6. The molecule has 2 aromatic carbocycles. The average Bonchev–Trinajstić information content (AvgIpc) is 3.00. The topological polar surface area (TPSA) is 55.1 Å². The van der Waals surface area contributed by atoms with Gasteiger partial charge in [0.15, 0.2) is 0 Å². The largest absolute Gasteiger partial charge is 0.398 e. The second-order valence-electron chi connectivity index (χ2n) is 5.59. The highest BCUT2D eigenvalue weighted by Crippen LogP contribution is 2.30.